The summed E-state index contributed by atoms with van der Waals surface area (Å²) < 4.78 is 0. The number of amides is 7. The zero-order valence-corrected chi connectivity index (χ0v) is 72.7. The molecule has 0 aliphatic heterocycles. The smallest absolute Gasteiger partial charge is 0.262 e. The van der Waals surface area contributed by atoms with Crippen molar-refractivity contribution in [2.45, 2.75) is 469 Å². The molecule has 0 aromatic heterocycles. The fourth-order valence-corrected chi connectivity index (χ4v) is 13.3. The fourth-order valence-electron chi connectivity index (χ4n) is 13.3. The van der Waals surface area contributed by atoms with Crippen molar-refractivity contribution in [3.8, 4) is 0 Å². The molecule has 0 saturated carbocycles. The third kappa shape index (κ3) is 76.9. The molecule has 0 saturated heterocycles. The van der Waals surface area contributed by atoms with E-state index in [-0.39, 0.29) is 44.9 Å². The Morgan fingerprint density at radius 2 is 0.478 bits per heavy atom. The number of hydrogen-bond acceptors (Lipinski definition) is 13. The predicted molar refractivity (Wildman–Crippen MR) is 479 cm³/mol. The highest BCUT2D eigenvalue weighted by molar-refractivity contribution is 5.94. The highest BCUT2D eigenvalue weighted by Gasteiger charge is 2.30. The zero-order chi connectivity index (χ0) is 82.3. The van der Waals surface area contributed by atoms with Crippen molar-refractivity contribution in [3.63, 3.8) is 0 Å². The van der Waals surface area contributed by atoms with E-state index >= 15 is 0 Å². The summed E-state index contributed by atoms with van der Waals surface area (Å²) in [7, 11) is 0. The van der Waals surface area contributed by atoms with Gasteiger partial charge in [0, 0.05) is 44.1 Å². The number of carbonyl (C=O) groups excluding carboxylic acids is 7. The largest absolute Gasteiger partial charge is 0.344 e. The lowest BCUT2D eigenvalue weighted by Gasteiger charge is -2.24. The van der Waals surface area contributed by atoms with Gasteiger partial charge in [-0.3, -0.25) is 33.6 Å². The first-order valence-electron chi connectivity index (χ1n) is 46.6. The molecule has 0 heterocycles. The maximum Gasteiger partial charge on any atom is 0.262 e. The first kappa shape index (κ1) is 107. The molecule has 0 aliphatic rings. The molecule has 0 aliphatic carbocycles. The van der Waals surface area contributed by atoms with Crippen LogP contribution in [0, 0.1) is 0 Å². The Labute approximate surface area is 690 Å². The summed E-state index contributed by atoms with van der Waals surface area (Å²) in [5.74, 6) is -4.37. The molecule has 0 aromatic rings. The van der Waals surface area contributed by atoms with Gasteiger partial charge < -0.3 is 27.4 Å². The number of hydrazone groups is 4. The Hall–Kier alpha value is -6.15. The van der Waals surface area contributed by atoms with Crippen molar-refractivity contribution in [3.05, 3.63) is 48.6 Å². The van der Waals surface area contributed by atoms with Crippen molar-refractivity contribution >= 4 is 66.2 Å². The van der Waals surface area contributed by atoms with Gasteiger partial charge in [-0.05, 0) is 193 Å². The van der Waals surface area contributed by atoms with Gasteiger partial charge in [0.05, 0.1) is 6.04 Å². The summed E-state index contributed by atoms with van der Waals surface area (Å²) in [4.78, 5) is 96.7. The summed E-state index contributed by atoms with van der Waals surface area (Å²) in [6.07, 6.45) is 90.5. The maximum absolute atomic E-state index is 14.5. The minimum absolute atomic E-state index is 0.101. The molecule has 7 amide bonds. The Morgan fingerprint density at radius 1 is 0.248 bits per heavy atom. The monoisotopic (exact) mass is 1580 g/mol. The van der Waals surface area contributed by atoms with Crippen molar-refractivity contribution in [2.24, 2.45) is 31.9 Å². The number of hydrogen-bond donors (Lipinski definition) is 9. The van der Waals surface area contributed by atoms with Gasteiger partial charge in [0.2, 0.25) is 29.5 Å². The molecular formula is C93H171N13O7. The quantitative estimate of drug-likeness (QED) is 0.0121. The number of nitrogens with two attached hydrogens (primary N) is 2. The summed E-state index contributed by atoms with van der Waals surface area (Å²) >= 11 is 0. The van der Waals surface area contributed by atoms with E-state index in [1.54, 1.807) is 24.9 Å². The number of rotatable bonds is 84. The average molecular weight is 1580 g/mol. The van der Waals surface area contributed by atoms with Crippen LogP contribution in [0.1, 0.15) is 445 Å². The van der Waals surface area contributed by atoms with E-state index in [0.29, 0.717) is 45.1 Å². The van der Waals surface area contributed by atoms with Crippen LogP contribution in [-0.4, -0.2) is 96.9 Å². The molecule has 0 bridgehead atoms. The van der Waals surface area contributed by atoms with Crippen LogP contribution >= 0.6 is 0 Å². The van der Waals surface area contributed by atoms with E-state index < -0.39 is 65.5 Å². The molecule has 20 heteroatoms. The molecule has 650 valence electrons. The summed E-state index contributed by atoms with van der Waals surface area (Å²) in [5, 5.41) is 24.9. The van der Waals surface area contributed by atoms with Crippen LogP contribution < -0.4 is 49.1 Å². The minimum Gasteiger partial charge on any atom is -0.344 e. The van der Waals surface area contributed by atoms with Gasteiger partial charge in [-0.1, -0.05) is 288 Å². The minimum atomic E-state index is -1.40. The summed E-state index contributed by atoms with van der Waals surface area (Å²) in [5.41, 5.74) is 22.3. The second kappa shape index (κ2) is 86.7. The van der Waals surface area contributed by atoms with E-state index in [4.69, 9.17) is 11.5 Å². The molecule has 20 nitrogen and oxygen atoms in total. The van der Waals surface area contributed by atoms with Crippen LogP contribution in [0.25, 0.3) is 0 Å². The highest BCUT2D eigenvalue weighted by Crippen LogP contribution is 2.17. The lowest BCUT2D eigenvalue weighted by molar-refractivity contribution is -0.133. The number of unbranched alkanes of at least 4 members (excludes halogenated alkanes) is 49. The Balaban J connectivity index is 6.21. The Bertz CT molecular complexity index is 2500. The molecule has 0 fully saturated rings. The third-order valence-electron chi connectivity index (χ3n) is 20.7. The number of nitrogens with one attached hydrogen (secondary N) is 7. The lowest BCUT2D eigenvalue weighted by Crippen LogP contribution is -2.56. The van der Waals surface area contributed by atoms with Crippen LogP contribution in [0.15, 0.2) is 69.0 Å². The van der Waals surface area contributed by atoms with Gasteiger partial charge in [-0.25, -0.2) is 21.7 Å². The van der Waals surface area contributed by atoms with E-state index in [9.17, 15) is 33.6 Å². The topological polar surface area (TPSA) is 305 Å². The Kier molecular flexibility index (Phi) is 82.0. The van der Waals surface area contributed by atoms with Gasteiger partial charge in [0.25, 0.3) is 11.8 Å². The number of nitrogens with zero attached hydrogens (tertiary/aromatic N) is 4. The second-order valence-electron chi connectivity index (χ2n) is 31.5. The molecule has 4 atom stereocenters. The third-order valence-corrected chi connectivity index (χ3v) is 20.7. The average Bonchev–Trinajstić information content (AvgIpc) is 0.875. The van der Waals surface area contributed by atoms with E-state index in [2.05, 4.69) is 134 Å². The van der Waals surface area contributed by atoms with Crippen LogP contribution in [0.2, 0.25) is 0 Å². The molecule has 0 radical (unpaired) electrons. The summed E-state index contributed by atoms with van der Waals surface area (Å²) in [6, 6.07) is -4.95. The van der Waals surface area contributed by atoms with E-state index in [0.717, 1.165) is 103 Å². The van der Waals surface area contributed by atoms with Crippen molar-refractivity contribution in [1.29, 1.82) is 0 Å². The van der Waals surface area contributed by atoms with Crippen LogP contribution in [-0.2, 0) is 33.6 Å². The zero-order valence-electron chi connectivity index (χ0n) is 72.7. The second-order valence-corrected chi connectivity index (χ2v) is 31.5. The molecule has 113 heavy (non-hydrogen) atoms. The standard InChI is InChI=1S/C93H171N13O7/c1-5-9-13-17-21-25-29-33-37-41-45-49-53-57-61-67-79-96-103-88(108)76-73-85(92(112)105-98-81-69-63-59-55-51-47-43-39-35-31-27-23-19-15-11-7-3)100-87(107)75-72-84(101-90(110)83(95)71-65-66-78-94)91(111)102-86(93(113)106-99-82-70-64-60-56-52-48-44-40-36-32-28-24-20-16-12-8-4)74-77-89(109)104-97-80-68-62-58-54-50-46-42-38-34-30-26-22-18-14-10-6-2/h45-52,79-86H,5-44,53-78,94-95H2,1-4H3,(H,100,107)(H,101,110)(H,102,111)(H,103,108)(H,104,109)(H,105,112)(H,106,113)/b49-45-,50-46-,51-47-,52-48-,96-79+,97-80+,98-81+,99-82+/t83-,84-,85-,86-/m0/s1. The van der Waals surface area contributed by atoms with Gasteiger partial charge in [0.1, 0.15) is 18.1 Å². The molecule has 0 spiro atoms. The highest BCUT2D eigenvalue weighted by atomic mass is 16.2. The van der Waals surface area contributed by atoms with Gasteiger partial charge in [-0.2, -0.15) is 20.4 Å². The maximum atomic E-state index is 14.5. The SMILES string of the molecule is CCCCCCCCCCC/C=C\CCCC/C=N/NC(=O)CC[C@H](NC(=O)CC[C@H](NC(=O)[C@@H](N)CCCCN)C(=O)N[C@@H](CCC(=O)N/N=C/CCCC/C=C\CCCCCCCCCCC)C(=O)N/N=C/CCCC/C=C\CCCCCCCCCCC)C(=O)N/N=C/CCCC/C=C\CCCCCCCCCCC. The van der Waals surface area contributed by atoms with Crippen LogP contribution in [0.3, 0.4) is 0 Å². The summed E-state index contributed by atoms with van der Waals surface area (Å²) in [6.45, 7) is 9.42. The molecule has 11 N–H and O–H groups in total. The first-order chi connectivity index (χ1) is 55.4. The van der Waals surface area contributed by atoms with E-state index in [1.807, 2.05) is 0 Å². The van der Waals surface area contributed by atoms with Crippen LogP contribution in [0.4, 0.5) is 0 Å². The normalized spacial score (nSPS) is 13.1. The molecule has 0 unspecified atom stereocenters. The predicted octanol–water partition coefficient (Wildman–Crippen LogP) is 21.8. The number of carbonyl (C=O) groups is 7. The van der Waals surface area contributed by atoms with Crippen molar-refractivity contribution in [1.82, 2.24) is 37.7 Å². The Morgan fingerprint density at radius 3 is 0.770 bits per heavy atom. The first-order valence-corrected chi connectivity index (χ1v) is 46.6. The van der Waals surface area contributed by atoms with Crippen molar-refractivity contribution < 1.29 is 33.6 Å². The fraction of sp³-hybridized carbons (Fsp3) is 0.796. The van der Waals surface area contributed by atoms with Gasteiger partial charge in [0.15, 0.2) is 0 Å². The number of allylic oxidation sites excluding steroid dienone is 8. The van der Waals surface area contributed by atoms with Gasteiger partial charge >= 0.3 is 0 Å². The molecule has 0 rings (SSSR count). The molecular weight excluding hydrogens is 1410 g/mol. The van der Waals surface area contributed by atoms with E-state index in [1.165, 1.54) is 231 Å². The van der Waals surface area contributed by atoms with Gasteiger partial charge in [-0.15, -0.1) is 0 Å². The lowest BCUT2D eigenvalue weighted by atomic mass is 10.0. The van der Waals surface area contributed by atoms with Crippen molar-refractivity contribution in [2.75, 3.05) is 6.54 Å². The molecule has 0 aromatic carbocycles. The van der Waals surface area contributed by atoms with Crippen LogP contribution in [0.5, 0.6) is 0 Å².